The van der Waals surface area contributed by atoms with Gasteiger partial charge in [-0.1, -0.05) is 194 Å². The van der Waals surface area contributed by atoms with E-state index in [1.54, 1.807) is 0 Å². The number of benzene rings is 10. The van der Waals surface area contributed by atoms with Crippen molar-refractivity contribution in [3.63, 3.8) is 0 Å². The van der Waals surface area contributed by atoms with E-state index >= 15 is 0 Å². The molecule has 64 heavy (non-hydrogen) atoms. The van der Waals surface area contributed by atoms with E-state index in [4.69, 9.17) is 4.42 Å². The summed E-state index contributed by atoms with van der Waals surface area (Å²) >= 11 is 0. The third-order valence-corrected chi connectivity index (χ3v) is 18.3. The molecule has 0 spiro atoms. The normalized spacial score (nSPS) is 12.1. The molecule has 10 aromatic carbocycles. The highest BCUT2D eigenvalue weighted by Crippen LogP contribution is 2.43. The summed E-state index contributed by atoms with van der Waals surface area (Å²) in [5.41, 5.74) is 11.1. The van der Waals surface area contributed by atoms with E-state index in [2.05, 4.69) is 246 Å². The second-order valence-electron chi connectivity index (χ2n) is 16.8. The van der Waals surface area contributed by atoms with E-state index in [-0.39, 0.29) is 0 Å². The Kier molecular flexibility index (Phi) is 8.23. The SMILES string of the molecule is c1ccc([Si](c2ccccc2)(c2ccccc2)c2ccc(-n3c4ccccc4c4ccc(-n5c6ccccc6c6cccc(-c7cccc8oc9ccccc9c78)c65)cc43)cc2)cc1. The molecule has 0 radical (unpaired) electrons. The van der Waals surface area contributed by atoms with E-state index in [1.165, 1.54) is 64.4 Å². The van der Waals surface area contributed by atoms with Crippen molar-refractivity contribution < 1.29 is 4.42 Å². The number of hydrogen-bond donors (Lipinski definition) is 0. The number of aromatic nitrogens is 2. The van der Waals surface area contributed by atoms with Crippen LogP contribution in [-0.2, 0) is 0 Å². The summed E-state index contributed by atoms with van der Waals surface area (Å²) in [6, 6.07) is 89.2. The molecular formula is C60H40N2OSi. The van der Waals surface area contributed by atoms with Crippen molar-refractivity contribution in [2.24, 2.45) is 0 Å². The minimum Gasteiger partial charge on any atom is -0.456 e. The quantitative estimate of drug-likeness (QED) is 0.116. The lowest BCUT2D eigenvalue weighted by Gasteiger charge is -2.34. The van der Waals surface area contributed by atoms with Gasteiger partial charge in [-0.05, 0) is 74.8 Å². The molecule has 0 N–H and O–H groups in total. The van der Waals surface area contributed by atoms with Crippen molar-refractivity contribution in [2.75, 3.05) is 0 Å². The Morgan fingerprint density at radius 1 is 0.297 bits per heavy atom. The largest absolute Gasteiger partial charge is 0.456 e. The smallest absolute Gasteiger partial charge is 0.179 e. The highest BCUT2D eigenvalue weighted by Gasteiger charge is 2.41. The van der Waals surface area contributed by atoms with Gasteiger partial charge < -0.3 is 13.6 Å². The summed E-state index contributed by atoms with van der Waals surface area (Å²) in [5, 5.41) is 12.6. The Hall–Kier alpha value is -8.18. The number of nitrogens with zero attached hydrogens (tertiary/aromatic N) is 2. The zero-order valence-corrected chi connectivity index (χ0v) is 35.9. The molecule has 0 unspecified atom stereocenters. The predicted molar refractivity (Wildman–Crippen MR) is 271 cm³/mol. The second-order valence-corrected chi connectivity index (χ2v) is 20.6. The Morgan fingerprint density at radius 2 is 0.766 bits per heavy atom. The van der Waals surface area contributed by atoms with E-state index < -0.39 is 8.07 Å². The molecule has 3 nitrogen and oxygen atoms in total. The topological polar surface area (TPSA) is 23.0 Å². The lowest BCUT2D eigenvalue weighted by atomic mass is 9.97. The van der Waals surface area contributed by atoms with Crippen LogP contribution in [0.15, 0.2) is 247 Å². The maximum atomic E-state index is 6.42. The molecule has 13 rings (SSSR count). The minimum atomic E-state index is -2.69. The van der Waals surface area contributed by atoms with E-state index in [0.29, 0.717) is 0 Å². The molecule has 3 aromatic heterocycles. The molecule has 13 aromatic rings. The summed E-state index contributed by atoms with van der Waals surface area (Å²) in [6.45, 7) is 0. The van der Waals surface area contributed by atoms with Gasteiger partial charge >= 0.3 is 0 Å². The first-order chi connectivity index (χ1) is 31.8. The van der Waals surface area contributed by atoms with Gasteiger partial charge in [-0.25, -0.2) is 0 Å². The van der Waals surface area contributed by atoms with Crippen LogP contribution < -0.4 is 20.7 Å². The monoisotopic (exact) mass is 832 g/mol. The predicted octanol–water partition coefficient (Wildman–Crippen LogP) is 12.8. The van der Waals surface area contributed by atoms with Crippen LogP contribution in [0.25, 0.3) is 88.1 Å². The summed E-state index contributed by atoms with van der Waals surface area (Å²) in [4.78, 5) is 0. The maximum absolute atomic E-state index is 6.42. The van der Waals surface area contributed by atoms with Gasteiger partial charge in [0.15, 0.2) is 8.07 Å². The summed E-state index contributed by atoms with van der Waals surface area (Å²) in [5.74, 6) is 0. The first-order valence-electron chi connectivity index (χ1n) is 22.0. The molecule has 0 aliphatic heterocycles. The highest BCUT2D eigenvalue weighted by atomic mass is 28.3. The fourth-order valence-corrected chi connectivity index (χ4v) is 15.5. The number of hydrogen-bond acceptors (Lipinski definition) is 1. The van der Waals surface area contributed by atoms with Crippen LogP contribution in [0.5, 0.6) is 0 Å². The molecule has 3 heterocycles. The van der Waals surface area contributed by atoms with Crippen LogP contribution in [0.4, 0.5) is 0 Å². The standard InChI is InChI=1S/C60H40N2OSi/c1-4-18-43(19-5-1)64(44-20-6-2-7-21-44,45-22-8-3-9-23-45)46-37-34-41(35-38-46)61-54-30-13-10-24-47(54)49-39-36-42(40-56(49)61)62-55-31-14-11-25-48(55)51-28-16-29-52(60(51)62)50-27-17-33-58-59(50)53-26-12-15-32-57(53)63-58/h1-40H. The lowest BCUT2D eigenvalue weighted by Crippen LogP contribution is -2.74. The van der Waals surface area contributed by atoms with Crippen LogP contribution in [0.2, 0.25) is 0 Å². The molecule has 0 aliphatic carbocycles. The van der Waals surface area contributed by atoms with Crippen molar-refractivity contribution in [3.05, 3.63) is 243 Å². The Bertz CT molecular complexity index is 3790. The summed E-state index contributed by atoms with van der Waals surface area (Å²) in [6.07, 6.45) is 0. The lowest BCUT2D eigenvalue weighted by molar-refractivity contribution is 0.669. The van der Waals surface area contributed by atoms with E-state index in [0.717, 1.165) is 44.4 Å². The van der Waals surface area contributed by atoms with Crippen LogP contribution >= 0.6 is 0 Å². The second kappa shape index (κ2) is 14.5. The molecule has 0 saturated carbocycles. The van der Waals surface area contributed by atoms with Crippen LogP contribution in [0.1, 0.15) is 0 Å². The average molecular weight is 833 g/mol. The molecule has 0 aliphatic rings. The fourth-order valence-electron chi connectivity index (χ4n) is 10.8. The molecule has 0 amide bonds. The van der Waals surface area contributed by atoms with E-state index in [9.17, 15) is 0 Å². The molecule has 4 heteroatoms. The number of fused-ring (bicyclic) bond motifs is 9. The van der Waals surface area contributed by atoms with Crippen molar-refractivity contribution in [3.8, 4) is 22.5 Å². The Balaban J connectivity index is 1.05. The summed E-state index contributed by atoms with van der Waals surface area (Å²) < 4.78 is 11.4. The maximum Gasteiger partial charge on any atom is 0.179 e. The number of furan rings is 1. The summed E-state index contributed by atoms with van der Waals surface area (Å²) in [7, 11) is -2.69. The Morgan fingerprint density at radius 3 is 1.44 bits per heavy atom. The van der Waals surface area contributed by atoms with Gasteiger partial charge in [0.25, 0.3) is 0 Å². The third-order valence-electron chi connectivity index (χ3n) is 13.5. The molecule has 0 atom stereocenters. The van der Waals surface area contributed by atoms with Crippen LogP contribution in [-0.4, -0.2) is 17.2 Å². The van der Waals surface area contributed by atoms with Gasteiger partial charge in [0.2, 0.25) is 0 Å². The van der Waals surface area contributed by atoms with Gasteiger partial charge in [-0.3, -0.25) is 0 Å². The molecule has 0 saturated heterocycles. The zero-order chi connectivity index (χ0) is 42.2. The van der Waals surface area contributed by atoms with Crippen LogP contribution in [0.3, 0.4) is 0 Å². The fraction of sp³-hybridized carbons (Fsp3) is 0. The van der Waals surface area contributed by atoms with Gasteiger partial charge in [0.1, 0.15) is 11.2 Å². The van der Waals surface area contributed by atoms with Gasteiger partial charge in [-0.2, -0.15) is 0 Å². The van der Waals surface area contributed by atoms with Crippen LogP contribution in [0, 0.1) is 0 Å². The molecule has 0 fully saturated rings. The molecule has 0 bridgehead atoms. The highest BCUT2D eigenvalue weighted by molar-refractivity contribution is 7.19. The van der Waals surface area contributed by atoms with Gasteiger partial charge in [0.05, 0.1) is 22.1 Å². The number of rotatable bonds is 7. The van der Waals surface area contributed by atoms with Crippen molar-refractivity contribution >= 4 is 94.4 Å². The molecule has 300 valence electrons. The van der Waals surface area contributed by atoms with Crippen molar-refractivity contribution in [1.29, 1.82) is 0 Å². The zero-order valence-electron chi connectivity index (χ0n) is 34.9. The van der Waals surface area contributed by atoms with E-state index in [1.807, 2.05) is 6.07 Å². The average Bonchev–Trinajstić information content (AvgIpc) is 4.03. The van der Waals surface area contributed by atoms with Gasteiger partial charge in [-0.15, -0.1) is 0 Å². The van der Waals surface area contributed by atoms with Crippen molar-refractivity contribution in [1.82, 2.24) is 9.13 Å². The van der Waals surface area contributed by atoms with Crippen molar-refractivity contribution in [2.45, 2.75) is 0 Å². The third kappa shape index (κ3) is 5.33. The minimum absolute atomic E-state index is 0.895. The molecular weight excluding hydrogens is 793 g/mol. The Labute approximate surface area is 371 Å². The van der Waals surface area contributed by atoms with Gasteiger partial charge in [0, 0.05) is 49.3 Å². The first kappa shape index (κ1) is 36.5. The first-order valence-corrected chi connectivity index (χ1v) is 24.0. The number of para-hydroxylation sites is 4.